The first-order valence-corrected chi connectivity index (χ1v) is 8.91. The number of carbonyl (C=O) groups excluding carboxylic acids is 2. The molecule has 1 N–H and O–H groups in total. The van der Waals surface area contributed by atoms with E-state index in [2.05, 4.69) is 5.32 Å². The minimum Gasteiger partial charge on any atom is -0.497 e. The van der Waals surface area contributed by atoms with E-state index in [-0.39, 0.29) is 17.9 Å². The predicted molar refractivity (Wildman–Crippen MR) is 102 cm³/mol. The number of nitrogens with zero attached hydrogens (tertiary/aromatic N) is 1. The number of ether oxygens (including phenoxy) is 1. The fraction of sp³-hybridized carbons (Fsp3) is 0.333. The zero-order valence-electron chi connectivity index (χ0n) is 15.4. The van der Waals surface area contributed by atoms with Crippen LogP contribution in [0.5, 0.6) is 5.75 Å². The molecule has 0 radical (unpaired) electrons. The van der Waals surface area contributed by atoms with Crippen molar-refractivity contribution in [1.82, 2.24) is 5.32 Å². The van der Waals surface area contributed by atoms with Crippen molar-refractivity contribution in [2.45, 2.75) is 32.7 Å². The van der Waals surface area contributed by atoms with Crippen LogP contribution in [0.4, 0.5) is 5.69 Å². The molecule has 0 fully saturated rings. The molecule has 3 rings (SSSR count). The summed E-state index contributed by atoms with van der Waals surface area (Å²) in [6, 6.07) is 13.0. The fourth-order valence-corrected chi connectivity index (χ4v) is 3.25. The maximum absolute atomic E-state index is 12.6. The van der Waals surface area contributed by atoms with Crippen LogP contribution in [0.15, 0.2) is 42.5 Å². The average molecular weight is 352 g/mol. The quantitative estimate of drug-likeness (QED) is 0.866. The lowest BCUT2D eigenvalue weighted by Gasteiger charge is -2.17. The molecule has 0 bridgehead atoms. The van der Waals surface area contributed by atoms with Gasteiger partial charge in [-0.25, -0.2) is 0 Å². The first kappa shape index (κ1) is 18.0. The molecule has 2 amide bonds. The first-order valence-electron chi connectivity index (χ1n) is 8.91. The second kappa shape index (κ2) is 7.60. The van der Waals surface area contributed by atoms with E-state index < -0.39 is 0 Å². The van der Waals surface area contributed by atoms with E-state index in [1.807, 2.05) is 50.2 Å². The second-order valence-corrected chi connectivity index (χ2v) is 6.53. The van der Waals surface area contributed by atoms with Crippen molar-refractivity contribution in [2.75, 3.05) is 18.6 Å². The van der Waals surface area contributed by atoms with Gasteiger partial charge in [0.05, 0.1) is 19.6 Å². The number of anilines is 1. The number of fused-ring (bicyclic) bond motifs is 1. The van der Waals surface area contributed by atoms with Gasteiger partial charge in [0, 0.05) is 17.8 Å². The van der Waals surface area contributed by atoms with Gasteiger partial charge in [-0.15, -0.1) is 0 Å². The minimum absolute atomic E-state index is 0.103. The highest BCUT2D eigenvalue weighted by Gasteiger charge is 2.27. The summed E-state index contributed by atoms with van der Waals surface area (Å²) in [5.41, 5.74) is 3.43. The van der Waals surface area contributed by atoms with Crippen LogP contribution in [0.3, 0.4) is 0 Å². The fourth-order valence-electron chi connectivity index (χ4n) is 3.25. The summed E-state index contributed by atoms with van der Waals surface area (Å²) < 4.78 is 5.16. The third kappa shape index (κ3) is 3.57. The van der Waals surface area contributed by atoms with Crippen molar-refractivity contribution in [2.24, 2.45) is 0 Å². The molecule has 0 spiro atoms. The third-order valence-corrected chi connectivity index (χ3v) is 4.69. The summed E-state index contributed by atoms with van der Waals surface area (Å²) in [7, 11) is 1.63. The van der Waals surface area contributed by atoms with E-state index in [1.54, 1.807) is 18.1 Å². The van der Waals surface area contributed by atoms with Gasteiger partial charge in [0.15, 0.2) is 0 Å². The number of hydrogen-bond acceptors (Lipinski definition) is 3. The van der Waals surface area contributed by atoms with Crippen molar-refractivity contribution in [3.63, 3.8) is 0 Å². The number of rotatable bonds is 6. The van der Waals surface area contributed by atoms with Crippen LogP contribution in [0, 0.1) is 0 Å². The zero-order valence-corrected chi connectivity index (χ0v) is 15.4. The SMILES string of the molecule is CCCN1C(=O)Cc2cc(C(=O)N[C@H](C)c3ccc(OC)cc3)ccc21. The van der Waals surface area contributed by atoms with E-state index >= 15 is 0 Å². The molecule has 1 heterocycles. The molecule has 2 aromatic rings. The monoisotopic (exact) mass is 352 g/mol. The van der Waals surface area contributed by atoms with Crippen molar-refractivity contribution in [3.05, 3.63) is 59.2 Å². The maximum atomic E-state index is 12.6. The second-order valence-electron chi connectivity index (χ2n) is 6.53. The van der Waals surface area contributed by atoms with Crippen LogP contribution in [0.25, 0.3) is 0 Å². The molecule has 5 heteroatoms. The molecule has 26 heavy (non-hydrogen) atoms. The van der Waals surface area contributed by atoms with E-state index in [9.17, 15) is 9.59 Å². The highest BCUT2D eigenvalue weighted by molar-refractivity contribution is 6.03. The number of benzene rings is 2. The van der Waals surface area contributed by atoms with Gasteiger partial charge < -0.3 is 15.0 Å². The Hall–Kier alpha value is -2.82. The van der Waals surface area contributed by atoms with Crippen LogP contribution >= 0.6 is 0 Å². The molecule has 0 aromatic heterocycles. The van der Waals surface area contributed by atoms with Gasteiger partial charge in [-0.1, -0.05) is 19.1 Å². The minimum atomic E-state index is -0.141. The van der Waals surface area contributed by atoms with Crippen LogP contribution in [0.1, 0.15) is 47.8 Å². The highest BCUT2D eigenvalue weighted by atomic mass is 16.5. The van der Waals surface area contributed by atoms with Gasteiger partial charge in [-0.05, 0) is 54.8 Å². The summed E-state index contributed by atoms with van der Waals surface area (Å²) in [6.07, 6.45) is 1.28. The Kier molecular flexibility index (Phi) is 5.26. The number of methoxy groups -OCH3 is 1. The molecule has 0 saturated carbocycles. The Morgan fingerprint density at radius 1 is 1.23 bits per heavy atom. The van der Waals surface area contributed by atoms with Crippen LogP contribution < -0.4 is 15.0 Å². The molecular weight excluding hydrogens is 328 g/mol. The first-order chi connectivity index (χ1) is 12.5. The number of amides is 2. The molecule has 1 aliphatic rings. The van der Waals surface area contributed by atoms with Gasteiger partial charge in [-0.3, -0.25) is 9.59 Å². The van der Waals surface area contributed by atoms with Crippen molar-refractivity contribution < 1.29 is 14.3 Å². The largest absolute Gasteiger partial charge is 0.497 e. The Morgan fingerprint density at radius 3 is 2.62 bits per heavy atom. The summed E-state index contributed by atoms with van der Waals surface area (Å²) >= 11 is 0. The topological polar surface area (TPSA) is 58.6 Å². The Balaban J connectivity index is 1.72. The number of carbonyl (C=O) groups is 2. The van der Waals surface area contributed by atoms with Gasteiger partial charge >= 0.3 is 0 Å². The van der Waals surface area contributed by atoms with E-state index in [0.29, 0.717) is 18.5 Å². The maximum Gasteiger partial charge on any atom is 0.251 e. The van der Waals surface area contributed by atoms with Crippen molar-refractivity contribution in [3.8, 4) is 5.75 Å². The standard InChI is InChI=1S/C21H24N2O3/c1-4-11-23-19-10-7-16(12-17(19)13-20(23)24)21(25)22-14(2)15-5-8-18(26-3)9-6-15/h5-10,12,14H,4,11,13H2,1-3H3,(H,22,25)/t14-/m1/s1. The molecule has 0 saturated heterocycles. The lowest BCUT2D eigenvalue weighted by molar-refractivity contribution is -0.117. The van der Waals surface area contributed by atoms with Crippen molar-refractivity contribution in [1.29, 1.82) is 0 Å². The Bertz CT molecular complexity index is 815. The molecule has 1 aliphatic heterocycles. The Morgan fingerprint density at radius 2 is 1.96 bits per heavy atom. The zero-order chi connectivity index (χ0) is 18.7. The molecule has 0 unspecified atom stereocenters. The van der Waals surface area contributed by atoms with Crippen LogP contribution in [-0.4, -0.2) is 25.5 Å². The molecule has 1 atom stereocenters. The molecule has 136 valence electrons. The molecular formula is C21H24N2O3. The van der Waals surface area contributed by atoms with Crippen molar-refractivity contribution >= 4 is 17.5 Å². The van der Waals surface area contributed by atoms with E-state index in [1.165, 1.54) is 0 Å². The summed E-state index contributed by atoms with van der Waals surface area (Å²) in [5.74, 6) is 0.746. The summed E-state index contributed by atoms with van der Waals surface area (Å²) in [5, 5.41) is 3.01. The number of nitrogens with one attached hydrogen (secondary N) is 1. The third-order valence-electron chi connectivity index (χ3n) is 4.69. The molecule has 5 nitrogen and oxygen atoms in total. The average Bonchev–Trinajstić information content (AvgIpc) is 2.96. The normalized spacial score (nSPS) is 14.1. The summed E-state index contributed by atoms with van der Waals surface area (Å²) in [4.78, 5) is 26.5. The Labute approximate surface area is 154 Å². The van der Waals surface area contributed by atoms with Gasteiger partial charge in [0.1, 0.15) is 5.75 Å². The smallest absolute Gasteiger partial charge is 0.251 e. The molecule has 2 aromatic carbocycles. The van der Waals surface area contributed by atoms with Gasteiger partial charge in [-0.2, -0.15) is 0 Å². The van der Waals surface area contributed by atoms with Crippen LogP contribution in [0.2, 0.25) is 0 Å². The van der Waals surface area contributed by atoms with Gasteiger partial charge in [0.25, 0.3) is 5.91 Å². The van der Waals surface area contributed by atoms with E-state index in [4.69, 9.17) is 4.74 Å². The van der Waals surface area contributed by atoms with E-state index in [0.717, 1.165) is 29.0 Å². The predicted octanol–water partition coefficient (Wildman–Crippen LogP) is 3.49. The lowest BCUT2D eigenvalue weighted by atomic mass is 10.1. The van der Waals surface area contributed by atoms with Gasteiger partial charge in [0.2, 0.25) is 5.91 Å². The summed E-state index contributed by atoms with van der Waals surface area (Å²) in [6.45, 7) is 4.71. The highest BCUT2D eigenvalue weighted by Crippen LogP contribution is 2.30. The van der Waals surface area contributed by atoms with Crippen LogP contribution in [-0.2, 0) is 11.2 Å². The lowest BCUT2D eigenvalue weighted by Crippen LogP contribution is -2.27. The number of hydrogen-bond donors (Lipinski definition) is 1. The molecule has 0 aliphatic carbocycles.